The molecule has 1 amide bonds. The molecule has 7 heteroatoms. The summed E-state index contributed by atoms with van der Waals surface area (Å²) in [5.41, 5.74) is 2.57. The lowest BCUT2D eigenvalue weighted by Gasteiger charge is -2.11. The minimum Gasteiger partial charge on any atom is -0.497 e. The Kier molecular flexibility index (Phi) is 6.06. The summed E-state index contributed by atoms with van der Waals surface area (Å²) in [6, 6.07) is 16.4. The van der Waals surface area contributed by atoms with Crippen LogP contribution in [0.4, 0.5) is 17.3 Å². The number of aromatic nitrogens is 2. The fourth-order valence-corrected chi connectivity index (χ4v) is 2.68. The van der Waals surface area contributed by atoms with Gasteiger partial charge in [-0.25, -0.2) is 0 Å². The Balaban J connectivity index is 1.71. The monoisotopic (exact) mass is 378 g/mol. The fourth-order valence-electron chi connectivity index (χ4n) is 2.68. The van der Waals surface area contributed by atoms with Gasteiger partial charge in [0.2, 0.25) is 0 Å². The van der Waals surface area contributed by atoms with Gasteiger partial charge < -0.3 is 20.1 Å². The summed E-state index contributed by atoms with van der Waals surface area (Å²) >= 11 is 0. The quantitative estimate of drug-likeness (QED) is 0.645. The zero-order valence-electron chi connectivity index (χ0n) is 16.0. The molecule has 28 heavy (non-hydrogen) atoms. The molecule has 0 aliphatic rings. The van der Waals surface area contributed by atoms with Crippen molar-refractivity contribution in [1.29, 1.82) is 0 Å². The van der Waals surface area contributed by atoms with E-state index in [2.05, 4.69) is 33.8 Å². The van der Waals surface area contributed by atoms with Crippen LogP contribution in [0.25, 0.3) is 0 Å². The fraction of sp³-hybridized carbons (Fsp3) is 0.190. The molecule has 144 valence electrons. The first-order chi connectivity index (χ1) is 13.6. The Morgan fingerprint density at radius 3 is 2.18 bits per heavy atom. The molecule has 0 atom stereocenters. The third-order valence-corrected chi connectivity index (χ3v) is 4.18. The van der Waals surface area contributed by atoms with E-state index in [0.717, 1.165) is 12.1 Å². The van der Waals surface area contributed by atoms with Crippen molar-refractivity contribution in [3.8, 4) is 11.5 Å². The summed E-state index contributed by atoms with van der Waals surface area (Å²) in [5, 5.41) is 14.2. The molecule has 0 bridgehead atoms. The molecule has 0 fully saturated rings. The zero-order valence-corrected chi connectivity index (χ0v) is 16.0. The van der Waals surface area contributed by atoms with E-state index < -0.39 is 0 Å². The van der Waals surface area contributed by atoms with Crippen LogP contribution in [0.15, 0.2) is 54.6 Å². The van der Waals surface area contributed by atoms with Crippen molar-refractivity contribution in [3.05, 3.63) is 65.7 Å². The van der Waals surface area contributed by atoms with Gasteiger partial charge in [0, 0.05) is 17.3 Å². The highest BCUT2D eigenvalue weighted by Crippen LogP contribution is 2.23. The number of hydrogen-bond donors (Lipinski definition) is 2. The molecule has 0 spiro atoms. The van der Waals surface area contributed by atoms with E-state index >= 15 is 0 Å². The number of para-hydroxylation sites is 1. The van der Waals surface area contributed by atoms with Crippen LogP contribution in [0.3, 0.4) is 0 Å². The number of aryl methyl sites for hydroxylation is 1. The molecular formula is C21H22N4O3. The molecule has 0 unspecified atom stereocenters. The topological polar surface area (TPSA) is 85.4 Å². The average molecular weight is 378 g/mol. The van der Waals surface area contributed by atoms with Gasteiger partial charge in [-0.2, -0.15) is 0 Å². The number of nitrogens with zero attached hydrogens (tertiary/aromatic N) is 2. The Morgan fingerprint density at radius 1 is 0.929 bits per heavy atom. The molecule has 0 radical (unpaired) electrons. The van der Waals surface area contributed by atoms with Crippen LogP contribution in [0.5, 0.6) is 11.5 Å². The van der Waals surface area contributed by atoms with Gasteiger partial charge in [0.1, 0.15) is 11.5 Å². The van der Waals surface area contributed by atoms with Crippen LogP contribution in [0, 0.1) is 0 Å². The minimum atomic E-state index is -0.330. The van der Waals surface area contributed by atoms with E-state index in [4.69, 9.17) is 9.47 Å². The van der Waals surface area contributed by atoms with Crippen molar-refractivity contribution < 1.29 is 14.3 Å². The Bertz CT molecular complexity index is 936. The Hall–Kier alpha value is -3.61. The predicted octanol–water partition coefficient (Wildman–Crippen LogP) is 4.05. The first kappa shape index (κ1) is 19.2. The standard InChI is InChI=1S/C21H22N4O3/c1-4-14-7-5-6-8-18(14)22-19-9-10-20(25-24-19)23-21(26)15-11-16(27-2)13-17(12-15)28-3/h5-13H,4H2,1-3H3,(H,22,24)(H,23,25,26). The van der Waals surface area contributed by atoms with Gasteiger partial charge in [-0.05, 0) is 42.3 Å². The number of benzene rings is 2. The van der Waals surface area contributed by atoms with Gasteiger partial charge >= 0.3 is 0 Å². The molecule has 2 N–H and O–H groups in total. The lowest BCUT2D eigenvalue weighted by molar-refractivity contribution is 0.102. The van der Waals surface area contributed by atoms with Gasteiger partial charge in [0.25, 0.3) is 5.91 Å². The van der Waals surface area contributed by atoms with Crippen LogP contribution < -0.4 is 20.1 Å². The first-order valence-electron chi connectivity index (χ1n) is 8.86. The number of ether oxygens (including phenoxy) is 2. The van der Waals surface area contributed by atoms with Crippen LogP contribution >= 0.6 is 0 Å². The van der Waals surface area contributed by atoms with E-state index in [0.29, 0.717) is 28.7 Å². The summed E-state index contributed by atoms with van der Waals surface area (Å²) < 4.78 is 10.4. The molecular weight excluding hydrogens is 356 g/mol. The number of nitrogens with one attached hydrogen (secondary N) is 2. The van der Waals surface area contributed by atoms with E-state index in [1.165, 1.54) is 19.8 Å². The van der Waals surface area contributed by atoms with Crippen molar-refractivity contribution in [2.24, 2.45) is 0 Å². The second-order valence-corrected chi connectivity index (χ2v) is 5.99. The second kappa shape index (κ2) is 8.85. The first-order valence-corrected chi connectivity index (χ1v) is 8.86. The molecule has 3 aromatic rings. The van der Waals surface area contributed by atoms with E-state index in [-0.39, 0.29) is 5.91 Å². The maximum atomic E-state index is 12.5. The SMILES string of the molecule is CCc1ccccc1Nc1ccc(NC(=O)c2cc(OC)cc(OC)c2)nn1. The maximum Gasteiger partial charge on any atom is 0.257 e. The molecule has 7 nitrogen and oxygen atoms in total. The molecule has 2 aromatic carbocycles. The minimum absolute atomic E-state index is 0.330. The van der Waals surface area contributed by atoms with Gasteiger partial charge in [-0.15, -0.1) is 10.2 Å². The van der Waals surface area contributed by atoms with Crippen LogP contribution in [0.2, 0.25) is 0 Å². The van der Waals surface area contributed by atoms with E-state index in [1.807, 2.05) is 18.2 Å². The summed E-state index contributed by atoms with van der Waals surface area (Å²) in [6.07, 6.45) is 0.911. The summed E-state index contributed by atoms with van der Waals surface area (Å²) in [4.78, 5) is 12.5. The summed E-state index contributed by atoms with van der Waals surface area (Å²) in [6.45, 7) is 2.10. The maximum absolute atomic E-state index is 12.5. The van der Waals surface area contributed by atoms with Gasteiger partial charge in [-0.1, -0.05) is 25.1 Å². The van der Waals surface area contributed by atoms with E-state index in [9.17, 15) is 4.79 Å². The lowest BCUT2D eigenvalue weighted by atomic mass is 10.1. The van der Waals surface area contributed by atoms with Crippen molar-refractivity contribution in [2.75, 3.05) is 24.9 Å². The predicted molar refractivity (Wildman–Crippen MR) is 109 cm³/mol. The number of anilines is 3. The summed E-state index contributed by atoms with van der Waals surface area (Å²) in [7, 11) is 3.06. The number of amides is 1. The third-order valence-electron chi connectivity index (χ3n) is 4.18. The highest BCUT2D eigenvalue weighted by Gasteiger charge is 2.11. The normalized spacial score (nSPS) is 10.2. The van der Waals surface area contributed by atoms with Crippen LogP contribution in [-0.2, 0) is 6.42 Å². The zero-order chi connectivity index (χ0) is 19.9. The largest absolute Gasteiger partial charge is 0.497 e. The third kappa shape index (κ3) is 4.56. The smallest absolute Gasteiger partial charge is 0.257 e. The van der Waals surface area contributed by atoms with Crippen LogP contribution in [0.1, 0.15) is 22.8 Å². The molecule has 0 aliphatic carbocycles. The number of rotatable bonds is 7. The molecule has 1 heterocycles. The molecule has 0 saturated carbocycles. The van der Waals surface area contributed by atoms with Gasteiger partial charge in [0.15, 0.2) is 11.6 Å². The molecule has 0 aliphatic heterocycles. The van der Waals surface area contributed by atoms with Crippen molar-refractivity contribution in [2.45, 2.75) is 13.3 Å². The molecule has 0 saturated heterocycles. The number of carbonyl (C=O) groups excluding carboxylic acids is 1. The second-order valence-electron chi connectivity index (χ2n) is 5.99. The Morgan fingerprint density at radius 2 is 1.57 bits per heavy atom. The van der Waals surface area contributed by atoms with Crippen molar-refractivity contribution >= 4 is 23.2 Å². The number of methoxy groups -OCH3 is 2. The number of carbonyl (C=O) groups is 1. The average Bonchev–Trinajstić information content (AvgIpc) is 2.75. The van der Waals surface area contributed by atoms with E-state index in [1.54, 1.807) is 30.3 Å². The number of hydrogen-bond acceptors (Lipinski definition) is 6. The Labute approximate surface area is 163 Å². The highest BCUT2D eigenvalue weighted by atomic mass is 16.5. The van der Waals surface area contributed by atoms with Gasteiger partial charge in [0.05, 0.1) is 14.2 Å². The summed E-state index contributed by atoms with van der Waals surface area (Å²) in [5.74, 6) is 1.68. The van der Waals surface area contributed by atoms with Gasteiger partial charge in [-0.3, -0.25) is 4.79 Å². The highest BCUT2D eigenvalue weighted by molar-refractivity contribution is 6.04. The molecule has 1 aromatic heterocycles. The van der Waals surface area contributed by atoms with Crippen LogP contribution in [-0.4, -0.2) is 30.3 Å². The van der Waals surface area contributed by atoms with Crippen molar-refractivity contribution in [1.82, 2.24) is 10.2 Å². The van der Waals surface area contributed by atoms with Crippen molar-refractivity contribution in [3.63, 3.8) is 0 Å². The molecule has 3 rings (SSSR count). The lowest BCUT2D eigenvalue weighted by Crippen LogP contribution is -2.14.